The largest absolute Gasteiger partial charge is 0.494 e. The topological polar surface area (TPSA) is 92.1 Å². The summed E-state index contributed by atoms with van der Waals surface area (Å²) in [7, 11) is -2.60. The second-order valence-corrected chi connectivity index (χ2v) is 5.63. The Bertz CT molecular complexity index is 798. The molecule has 1 heterocycles. The predicted molar refractivity (Wildman–Crippen MR) is 72.7 cm³/mol. The Balaban J connectivity index is 2.30. The number of nitrogens with one attached hydrogen (secondary N) is 1. The van der Waals surface area contributed by atoms with Crippen molar-refractivity contribution in [2.45, 2.75) is 4.90 Å². The number of methoxy groups -OCH3 is 1. The summed E-state index contributed by atoms with van der Waals surface area (Å²) in [6, 6.07) is 7.93. The molecule has 0 aliphatic rings. The van der Waals surface area contributed by atoms with Crippen molar-refractivity contribution in [2.24, 2.45) is 0 Å². The van der Waals surface area contributed by atoms with E-state index in [4.69, 9.17) is 10.00 Å². The lowest BCUT2D eigenvalue weighted by Crippen LogP contribution is -2.13. The number of hydrogen-bond acceptors (Lipinski definition) is 5. The summed E-state index contributed by atoms with van der Waals surface area (Å²) in [5.74, 6) is -0.673. The molecule has 2 rings (SSSR count). The van der Waals surface area contributed by atoms with Crippen LogP contribution in [0.5, 0.6) is 5.75 Å². The molecule has 0 fully saturated rings. The molecule has 0 spiro atoms. The minimum atomic E-state index is -3.88. The lowest BCUT2D eigenvalue weighted by Gasteiger charge is -2.09. The summed E-state index contributed by atoms with van der Waals surface area (Å²) in [5, 5.41) is 8.62. The Labute approximate surface area is 120 Å². The highest BCUT2D eigenvalue weighted by atomic mass is 32.2. The highest BCUT2D eigenvalue weighted by Gasteiger charge is 2.15. The van der Waals surface area contributed by atoms with E-state index in [1.165, 1.54) is 31.4 Å². The molecule has 1 N–H and O–H groups in total. The lowest BCUT2D eigenvalue weighted by molar-refractivity contribution is 0.387. The van der Waals surface area contributed by atoms with Gasteiger partial charge in [0.15, 0.2) is 11.6 Å². The van der Waals surface area contributed by atoms with Gasteiger partial charge in [0, 0.05) is 12.3 Å². The predicted octanol–water partition coefficient (Wildman–Crippen LogP) is 1.90. The van der Waals surface area contributed by atoms with Crippen molar-refractivity contribution in [1.29, 1.82) is 5.26 Å². The van der Waals surface area contributed by atoms with Gasteiger partial charge >= 0.3 is 0 Å². The Kier molecular flexibility index (Phi) is 4.05. The summed E-state index contributed by atoms with van der Waals surface area (Å²) in [4.78, 5) is 3.58. The molecule has 8 heteroatoms. The first kappa shape index (κ1) is 14.7. The Morgan fingerprint density at radius 2 is 2.10 bits per heavy atom. The Hall–Kier alpha value is -2.66. The number of pyridine rings is 1. The van der Waals surface area contributed by atoms with Gasteiger partial charge in [-0.05, 0) is 24.3 Å². The summed E-state index contributed by atoms with van der Waals surface area (Å²) in [5.41, 5.74) is 0.259. The molecule has 0 aliphatic heterocycles. The molecular weight excluding hydrogens is 297 g/mol. The lowest BCUT2D eigenvalue weighted by atomic mass is 10.3. The third-order valence-corrected chi connectivity index (χ3v) is 3.93. The van der Waals surface area contributed by atoms with E-state index in [0.717, 1.165) is 12.3 Å². The molecule has 0 saturated carbocycles. The molecule has 108 valence electrons. The van der Waals surface area contributed by atoms with Gasteiger partial charge in [0.25, 0.3) is 10.0 Å². The van der Waals surface area contributed by atoms with E-state index >= 15 is 0 Å². The molecule has 0 saturated heterocycles. The third-order valence-electron chi connectivity index (χ3n) is 2.56. The Morgan fingerprint density at radius 3 is 2.67 bits per heavy atom. The minimum Gasteiger partial charge on any atom is -0.494 e. The number of nitriles is 1. The van der Waals surface area contributed by atoms with Crippen LogP contribution in [0.2, 0.25) is 0 Å². The van der Waals surface area contributed by atoms with E-state index < -0.39 is 15.8 Å². The quantitative estimate of drug-likeness (QED) is 0.931. The van der Waals surface area contributed by atoms with Crippen LogP contribution >= 0.6 is 0 Å². The van der Waals surface area contributed by atoms with Crippen molar-refractivity contribution in [3.05, 3.63) is 48.0 Å². The van der Waals surface area contributed by atoms with Crippen LogP contribution in [0.3, 0.4) is 0 Å². The molecule has 21 heavy (non-hydrogen) atoms. The van der Waals surface area contributed by atoms with E-state index in [0.29, 0.717) is 0 Å². The molecular formula is C13H10FN3O3S. The molecule has 0 bridgehead atoms. The fourth-order valence-electron chi connectivity index (χ4n) is 1.54. The van der Waals surface area contributed by atoms with Crippen LogP contribution in [0, 0.1) is 17.1 Å². The van der Waals surface area contributed by atoms with Crippen LogP contribution in [0.25, 0.3) is 0 Å². The van der Waals surface area contributed by atoms with Gasteiger partial charge in [0.05, 0.1) is 12.8 Å². The van der Waals surface area contributed by atoms with Crippen molar-refractivity contribution in [3.63, 3.8) is 0 Å². The van der Waals surface area contributed by atoms with Gasteiger partial charge in [-0.1, -0.05) is 0 Å². The number of anilines is 1. The molecule has 1 aromatic heterocycles. The van der Waals surface area contributed by atoms with Crippen LogP contribution in [0.15, 0.2) is 41.4 Å². The van der Waals surface area contributed by atoms with Crippen LogP contribution in [0.1, 0.15) is 5.69 Å². The molecule has 1 aromatic carbocycles. The maximum Gasteiger partial charge on any atom is 0.263 e. The molecule has 0 atom stereocenters. The first-order valence-electron chi connectivity index (χ1n) is 5.69. The average molecular weight is 307 g/mol. The van der Waals surface area contributed by atoms with Crippen molar-refractivity contribution in [1.82, 2.24) is 4.98 Å². The number of benzene rings is 1. The number of halogens is 1. The average Bonchev–Trinajstić information content (AvgIpc) is 2.49. The van der Waals surface area contributed by atoms with E-state index in [-0.39, 0.29) is 22.0 Å². The van der Waals surface area contributed by atoms with Gasteiger partial charge in [0.1, 0.15) is 16.7 Å². The van der Waals surface area contributed by atoms with Gasteiger partial charge in [-0.3, -0.25) is 4.72 Å². The van der Waals surface area contributed by atoms with Crippen molar-refractivity contribution >= 4 is 15.7 Å². The summed E-state index contributed by atoms with van der Waals surface area (Å²) in [6.07, 6.45) is 1.07. The maximum atomic E-state index is 13.3. The first-order valence-corrected chi connectivity index (χ1v) is 7.17. The molecule has 6 nitrogen and oxygen atoms in total. The fourth-order valence-corrected chi connectivity index (χ4v) is 2.54. The third kappa shape index (κ3) is 3.27. The zero-order chi connectivity index (χ0) is 15.5. The van der Waals surface area contributed by atoms with Gasteiger partial charge in [0.2, 0.25) is 0 Å². The first-order chi connectivity index (χ1) is 9.96. The van der Waals surface area contributed by atoms with E-state index in [1.54, 1.807) is 6.07 Å². The number of rotatable bonds is 4. The second-order valence-electron chi connectivity index (χ2n) is 3.95. The number of aromatic nitrogens is 1. The van der Waals surface area contributed by atoms with Gasteiger partial charge in [-0.15, -0.1) is 0 Å². The zero-order valence-electron chi connectivity index (χ0n) is 10.9. The standard InChI is InChI=1S/C13H10FN3O3S/c1-20-13-6-9(3-5-12(13)14)17-21(18,19)11-4-2-10(7-15)16-8-11/h2-6,8,17H,1H3. The molecule has 0 unspecified atom stereocenters. The monoisotopic (exact) mass is 307 g/mol. The van der Waals surface area contributed by atoms with Crippen LogP contribution in [0.4, 0.5) is 10.1 Å². The van der Waals surface area contributed by atoms with Crippen molar-refractivity contribution in [2.75, 3.05) is 11.8 Å². The van der Waals surface area contributed by atoms with Gasteiger partial charge in [-0.25, -0.2) is 17.8 Å². The number of sulfonamides is 1. The van der Waals surface area contributed by atoms with Crippen LogP contribution in [-0.4, -0.2) is 20.5 Å². The van der Waals surface area contributed by atoms with Crippen LogP contribution < -0.4 is 9.46 Å². The number of hydrogen-bond donors (Lipinski definition) is 1. The Morgan fingerprint density at radius 1 is 1.33 bits per heavy atom. The smallest absolute Gasteiger partial charge is 0.263 e. The second kappa shape index (κ2) is 5.76. The summed E-state index contributed by atoms with van der Waals surface area (Å²) in [6.45, 7) is 0. The highest BCUT2D eigenvalue weighted by molar-refractivity contribution is 7.92. The van der Waals surface area contributed by atoms with E-state index in [1.807, 2.05) is 0 Å². The zero-order valence-corrected chi connectivity index (χ0v) is 11.7. The highest BCUT2D eigenvalue weighted by Crippen LogP contribution is 2.23. The number of ether oxygens (including phenoxy) is 1. The molecule has 0 aliphatic carbocycles. The van der Waals surface area contributed by atoms with Crippen LogP contribution in [-0.2, 0) is 10.0 Å². The summed E-state index contributed by atoms with van der Waals surface area (Å²) >= 11 is 0. The van der Waals surface area contributed by atoms with Crippen molar-refractivity contribution in [3.8, 4) is 11.8 Å². The SMILES string of the molecule is COc1cc(NS(=O)(=O)c2ccc(C#N)nc2)ccc1F. The molecule has 2 aromatic rings. The van der Waals surface area contributed by atoms with Crippen molar-refractivity contribution < 1.29 is 17.5 Å². The van der Waals surface area contributed by atoms with E-state index in [9.17, 15) is 12.8 Å². The van der Waals surface area contributed by atoms with Gasteiger partial charge < -0.3 is 4.74 Å². The van der Waals surface area contributed by atoms with Gasteiger partial charge in [-0.2, -0.15) is 5.26 Å². The molecule has 0 amide bonds. The van der Waals surface area contributed by atoms with E-state index in [2.05, 4.69) is 9.71 Å². The maximum absolute atomic E-state index is 13.3. The minimum absolute atomic E-state index is 0.0758. The fraction of sp³-hybridized carbons (Fsp3) is 0.0769. The molecule has 0 radical (unpaired) electrons. The summed E-state index contributed by atoms with van der Waals surface area (Å²) < 4.78 is 44.6. The normalized spacial score (nSPS) is 10.7. The number of nitrogens with zero attached hydrogens (tertiary/aromatic N) is 2.